The molecule has 1 aromatic heterocycles. The summed E-state index contributed by atoms with van der Waals surface area (Å²) in [4.78, 5) is 0. The molecule has 0 fully saturated rings. The molecular formula is C13H13ClNS+. The number of hydrogen-bond donors (Lipinski definition) is 0. The first-order chi connectivity index (χ1) is 7.77. The highest BCUT2D eigenvalue weighted by atomic mass is 35.5. The lowest BCUT2D eigenvalue weighted by Gasteiger charge is -2.02. The predicted molar refractivity (Wildman–Crippen MR) is 68.6 cm³/mol. The molecule has 1 nitrogen and oxygen atoms in total. The third-order valence-corrected chi connectivity index (χ3v) is 3.88. The first kappa shape index (κ1) is 11.5. The van der Waals surface area contributed by atoms with Gasteiger partial charge in [-0.15, -0.1) is 0 Å². The highest BCUT2D eigenvalue weighted by Crippen LogP contribution is 2.24. The van der Waals surface area contributed by atoms with E-state index in [1.54, 1.807) is 11.8 Å². The summed E-state index contributed by atoms with van der Waals surface area (Å²) in [6.07, 6.45) is 2.05. The molecule has 0 aliphatic heterocycles. The average molecular weight is 251 g/mol. The van der Waals surface area contributed by atoms with E-state index in [0.29, 0.717) is 0 Å². The van der Waals surface area contributed by atoms with Crippen LogP contribution in [-0.2, 0) is 12.8 Å². The maximum absolute atomic E-state index is 6.11. The van der Waals surface area contributed by atoms with E-state index in [1.165, 1.54) is 10.6 Å². The van der Waals surface area contributed by atoms with Crippen LogP contribution in [-0.4, -0.2) is 0 Å². The molecule has 1 heterocycles. The second-order valence-corrected chi connectivity index (χ2v) is 4.93. The largest absolute Gasteiger partial charge is 0.240 e. The summed E-state index contributed by atoms with van der Waals surface area (Å²) in [7, 11) is 2.05. The number of halogens is 1. The summed E-state index contributed by atoms with van der Waals surface area (Å²) in [6.45, 7) is 0. The summed E-state index contributed by atoms with van der Waals surface area (Å²) in [6, 6.07) is 14.2. The van der Waals surface area contributed by atoms with E-state index in [2.05, 4.69) is 36.0 Å². The second-order valence-electron chi connectivity index (χ2n) is 3.53. The molecule has 0 aliphatic rings. The van der Waals surface area contributed by atoms with E-state index in [1.807, 2.05) is 24.3 Å². The molecule has 82 valence electrons. The van der Waals surface area contributed by atoms with Gasteiger partial charge in [-0.25, -0.2) is 0 Å². The molecule has 0 bridgehead atoms. The molecule has 0 radical (unpaired) electrons. The predicted octanol–water partition coefficient (Wildman–Crippen LogP) is 3.46. The van der Waals surface area contributed by atoms with E-state index < -0.39 is 0 Å². The minimum atomic E-state index is 0.841. The van der Waals surface area contributed by atoms with E-state index in [0.717, 1.165) is 10.8 Å². The van der Waals surface area contributed by atoms with Crippen molar-refractivity contribution in [2.45, 2.75) is 10.8 Å². The van der Waals surface area contributed by atoms with E-state index in [4.69, 9.17) is 11.6 Å². The minimum Gasteiger partial charge on any atom is -0.196 e. The van der Waals surface area contributed by atoms with Crippen LogP contribution in [0.25, 0.3) is 0 Å². The Morgan fingerprint density at radius 1 is 1.12 bits per heavy atom. The lowest BCUT2D eigenvalue weighted by atomic mass is 10.2. The minimum absolute atomic E-state index is 0.841. The summed E-state index contributed by atoms with van der Waals surface area (Å²) >= 11 is 7.90. The number of hydrogen-bond acceptors (Lipinski definition) is 1. The van der Waals surface area contributed by atoms with Crippen molar-refractivity contribution in [2.75, 3.05) is 0 Å². The van der Waals surface area contributed by atoms with Gasteiger partial charge >= 0.3 is 0 Å². The van der Waals surface area contributed by atoms with E-state index >= 15 is 0 Å². The molecule has 1 aromatic carbocycles. The molecule has 2 rings (SSSR count). The normalized spacial score (nSPS) is 10.4. The number of aromatic nitrogens is 1. The Hall–Kier alpha value is -0.990. The molecule has 0 atom stereocenters. The Morgan fingerprint density at radius 2 is 1.88 bits per heavy atom. The summed E-state index contributed by atoms with van der Waals surface area (Å²) in [5.41, 5.74) is 1.18. The fourth-order valence-electron chi connectivity index (χ4n) is 1.42. The molecule has 0 saturated heterocycles. The molecule has 16 heavy (non-hydrogen) atoms. The molecule has 0 N–H and O–H groups in total. The van der Waals surface area contributed by atoms with Crippen LogP contribution >= 0.6 is 23.4 Å². The molecule has 0 unspecified atom stereocenters. The van der Waals surface area contributed by atoms with E-state index in [-0.39, 0.29) is 0 Å². The maximum Gasteiger partial charge on any atom is 0.240 e. The zero-order valence-electron chi connectivity index (χ0n) is 9.06. The standard InChI is InChI=1S/C13H13ClNS/c1-15-9-5-4-8-13(15)16-10-11-6-2-3-7-12(11)14/h2-9H,10H2,1H3/q+1. The fourth-order valence-corrected chi connectivity index (χ4v) is 2.70. The first-order valence-corrected chi connectivity index (χ1v) is 6.44. The van der Waals surface area contributed by atoms with Crippen molar-refractivity contribution in [1.82, 2.24) is 0 Å². The second kappa shape index (κ2) is 5.37. The van der Waals surface area contributed by atoms with Crippen molar-refractivity contribution >= 4 is 23.4 Å². The Bertz CT molecular complexity index is 439. The van der Waals surface area contributed by atoms with Crippen LogP contribution in [0.3, 0.4) is 0 Å². The molecule has 2 aromatic rings. The van der Waals surface area contributed by atoms with Gasteiger partial charge in [-0.2, -0.15) is 4.57 Å². The lowest BCUT2D eigenvalue weighted by Crippen LogP contribution is -2.29. The van der Waals surface area contributed by atoms with Crippen molar-refractivity contribution in [3.05, 3.63) is 59.2 Å². The number of pyridine rings is 1. The fraction of sp³-hybridized carbons (Fsp3) is 0.154. The van der Waals surface area contributed by atoms with Crippen LogP contribution in [0.2, 0.25) is 5.02 Å². The zero-order valence-corrected chi connectivity index (χ0v) is 10.6. The number of thioether (sulfide) groups is 1. The molecule has 0 aliphatic carbocycles. The monoisotopic (exact) mass is 250 g/mol. The lowest BCUT2D eigenvalue weighted by molar-refractivity contribution is -0.708. The van der Waals surface area contributed by atoms with E-state index in [9.17, 15) is 0 Å². The highest BCUT2D eigenvalue weighted by molar-refractivity contribution is 7.98. The van der Waals surface area contributed by atoms with Crippen LogP contribution in [0.15, 0.2) is 53.7 Å². The molecule has 0 saturated carbocycles. The van der Waals surface area contributed by atoms with Crippen molar-refractivity contribution < 1.29 is 4.57 Å². The Kier molecular flexibility index (Phi) is 3.86. The maximum atomic E-state index is 6.11. The van der Waals surface area contributed by atoms with Gasteiger partial charge in [0.2, 0.25) is 5.03 Å². The zero-order chi connectivity index (χ0) is 11.4. The molecular weight excluding hydrogens is 238 g/mol. The quantitative estimate of drug-likeness (QED) is 0.596. The third-order valence-electron chi connectivity index (χ3n) is 2.34. The summed E-state index contributed by atoms with van der Waals surface area (Å²) in [5, 5.41) is 2.08. The molecule has 0 spiro atoms. The van der Waals surface area contributed by atoms with Crippen LogP contribution < -0.4 is 4.57 Å². The SMILES string of the molecule is C[n+]1ccccc1SCc1ccccc1Cl. The molecule has 3 heteroatoms. The topological polar surface area (TPSA) is 3.88 Å². The van der Waals surface area contributed by atoms with Gasteiger partial charge in [-0.05, 0) is 17.7 Å². The van der Waals surface area contributed by atoms with Gasteiger partial charge in [0, 0.05) is 22.9 Å². The summed E-state index contributed by atoms with van der Waals surface area (Å²) in [5.74, 6) is 0.900. The highest BCUT2D eigenvalue weighted by Gasteiger charge is 2.07. The van der Waals surface area contributed by atoms with Crippen molar-refractivity contribution in [3.8, 4) is 0 Å². The van der Waals surface area contributed by atoms with Crippen molar-refractivity contribution in [2.24, 2.45) is 7.05 Å². The van der Waals surface area contributed by atoms with Gasteiger partial charge in [-0.1, -0.05) is 41.6 Å². The van der Waals surface area contributed by atoms with Crippen molar-refractivity contribution in [1.29, 1.82) is 0 Å². The Labute approximate surface area is 105 Å². The van der Waals surface area contributed by atoms with Crippen LogP contribution in [0.4, 0.5) is 0 Å². The third kappa shape index (κ3) is 2.77. The number of aryl methyl sites for hydroxylation is 1. The van der Waals surface area contributed by atoms with Gasteiger partial charge in [0.25, 0.3) is 0 Å². The van der Waals surface area contributed by atoms with Crippen molar-refractivity contribution in [3.63, 3.8) is 0 Å². The van der Waals surface area contributed by atoms with Crippen LogP contribution in [0, 0.1) is 0 Å². The molecule has 0 amide bonds. The van der Waals surface area contributed by atoms with Gasteiger partial charge in [-0.3, -0.25) is 0 Å². The van der Waals surface area contributed by atoms with Gasteiger partial charge < -0.3 is 0 Å². The Morgan fingerprint density at radius 3 is 2.62 bits per heavy atom. The number of rotatable bonds is 3. The first-order valence-electron chi connectivity index (χ1n) is 5.08. The average Bonchev–Trinajstić information content (AvgIpc) is 2.30. The van der Waals surface area contributed by atoms with Crippen LogP contribution in [0.5, 0.6) is 0 Å². The van der Waals surface area contributed by atoms with Crippen LogP contribution in [0.1, 0.15) is 5.56 Å². The smallest absolute Gasteiger partial charge is 0.196 e. The van der Waals surface area contributed by atoms with Gasteiger partial charge in [0.1, 0.15) is 7.05 Å². The van der Waals surface area contributed by atoms with Gasteiger partial charge in [0.15, 0.2) is 6.20 Å². The number of nitrogens with zero attached hydrogens (tertiary/aromatic N) is 1. The number of benzene rings is 1. The summed E-state index contributed by atoms with van der Waals surface area (Å²) < 4.78 is 2.11. The van der Waals surface area contributed by atoms with Gasteiger partial charge in [0.05, 0.1) is 0 Å². The Balaban J connectivity index is 2.09.